The lowest BCUT2D eigenvalue weighted by atomic mass is 9.80. The van der Waals surface area contributed by atoms with Crippen LogP contribution in [0.1, 0.15) is 32.3 Å². The summed E-state index contributed by atoms with van der Waals surface area (Å²) in [5.41, 5.74) is -0.146. The Bertz CT molecular complexity index is 600. The van der Waals surface area contributed by atoms with Crippen LogP contribution >= 0.6 is 0 Å². The van der Waals surface area contributed by atoms with Gasteiger partial charge in [-0.3, -0.25) is 0 Å². The maximum Gasteiger partial charge on any atom is 0.365 e. The van der Waals surface area contributed by atoms with Gasteiger partial charge in [0.25, 0.3) is 5.72 Å². The van der Waals surface area contributed by atoms with Gasteiger partial charge < -0.3 is 14.2 Å². The van der Waals surface area contributed by atoms with E-state index in [-0.39, 0.29) is 0 Å². The third kappa shape index (κ3) is 2.25. The van der Waals surface area contributed by atoms with Crippen LogP contribution in [0.2, 0.25) is 0 Å². The highest BCUT2D eigenvalue weighted by Gasteiger charge is 2.63. The summed E-state index contributed by atoms with van der Waals surface area (Å²) in [6.45, 7) is 4.31. The van der Waals surface area contributed by atoms with Crippen molar-refractivity contribution >= 4 is 11.7 Å². The molecule has 1 saturated heterocycles. The molecule has 2 unspecified atom stereocenters. The molecule has 3 aliphatic heterocycles. The van der Waals surface area contributed by atoms with E-state index >= 15 is 0 Å². The lowest BCUT2D eigenvalue weighted by Gasteiger charge is -2.50. The van der Waals surface area contributed by atoms with Gasteiger partial charge in [0.05, 0.1) is 12.3 Å². The molecular weight excluding hydrogens is 282 g/mol. The molecule has 118 valence electrons. The smallest absolute Gasteiger partial charge is 0.365 e. The number of ether oxygens (including phenoxy) is 3. The average molecular weight is 303 g/mol. The van der Waals surface area contributed by atoms with Crippen molar-refractivity contribution in [2.24, 2.45) is 4.99 Å². The molecule has 0 N–H and O–H groups in total. The molecule has 0 amide bonds. The minimum absolute atomic E-state index is 0.414. The van der Waals surface area contributed by atoms with Crippen LogP contribution in [-0.4, -0.2) is 36.2 Å². The van der Waals surface area contributed by atoms with Gasteiger partial charge >= 0.3 is 5.97 Å². The average Bonchev–Trinajstić information content (AvgIpc) is 2.53. The van der Waals surface area contributed by atoms with E-state index in [9.17, 15) is 4.79 Å². The molecular formula is C17H21NO4. The maximum atomic E-state index is 12.4. The molecule has 1 aromatic carbocycles. The van der Waals surface area contributed by atoms with E-state index < -0.39 is 23.4 Å². The van der Waals surface area contributed by atoms with Crippen LogP contribution in [0.5, 0.6) is 0 Å². The van der Waals surface area contributed by atoms with Crippen molar-refractivity contribution in [1.29, 1.82) is 0 Å². The van der Waals surface area contributed by atoms with Gasteiger partial charge in [-0.25, -0.2) is 9.79 Å². The molecule has 1 aromatic rings. The fourth-order valence-corrected chi connectivity index (χ4v) is 3.21. The Balaban J connectivity index is 1.86. The highest BCUT2D eigenvalue weighted by molar-refractivity contribution is 6.01. The molecule has 22 heavy (non-hydrogen) atoms. The van der Waals surface area contributed by atoms with Crippen molar-refractivity contribution in [3.8, 4) is 0 Å². The Morgan fingerprint density at radius 2 is 2.09 bits per heavy atom. The van der Waals surface area contributed by atoms with Gasteiger partial charge in [-0.2, -0.15) is 0 Å². The number of hydrogen-bond donors (Lipinski definition) is 0. The van der Waals surface area contributed by atoms with Crippen LogP contribution in [0.3, 0.4) is 0 Å². The topological polar surface area (TPSA) is 57.1 Å². The van der Waals surface area contributed by atoms with Crippen LogP contribution in [0, 0.1) is 0 Å². The fraction of sp³-hybridized carbons (Fsp3) is 0.529. The number of methoxy groups -OCH3 is 1. The number of aliphatic imine (C=N–C) groups is 1. The molecule has 2 bridgehead atoms. The predicted octanol–water partition coefficient (Wildman–Crippen LogP) is 2.48. The van der Waals surface area contributed by atoms with Gasteiger partial charge in [0.1, 0.15) is 11.7 Å². The Morgan fingerprint density at radius 1 is 1.36 bits per heavy atom. The monoisotopic (exact) mass is 303 g/mol. The molecule has 3 atom stereocenters. The number of esters is 1. The second-order valence-corrected chi connectivity index (χ2v) is 5.92. The number of carbonyl (C=O) groups excluding carboxylic acids is 1. The summed E-state index contributed by atoms with van der Waals surface area (Å²) in [5.74, 6) is -0.459. The highest BCUT2D eigenvalue weighted by Crippen LogP contribution is 2.43. The normalized spacial score (nSPS) is 33.5. The predicted molar refractivity (Wildman–Crippen MR) is 81.6 cm³/mol. The van der Waals surface area contributed by atoms with E-state index in [1.54, 1.807) is 0 Å². The number of benzene rings is 1. The van der Waals surface area contributed by atoms with Crippen molar-refractivity contribution in [2.75, 3.05) is 7.11 Å². The van der Waals surface area contributed by atoms with Crippen LogP contribution in [0.15, 0.2) is 35.3 Å². The van der Waals surface area contributed by atoms with Crippen LogP contribution in [0.25, 0.3) is 0 Å². The maximum absolute atomic E-state index is 12.4. The van der Waals surface area contributed by atoms with Crippen molar-refractivity contribution in [2.45, 2.75) is 50.7 Å². The number of nitrogens with zero attached hydrogens (tertiary/aromatic N) is 1. The summed E-state index contributed by atoms with van der Waals surface area (Å²) in [4.78, 5) is 16.9. The molecule has 0 saturated carbocycles. The Labute approximate surface area is 130 Å². The summed E-state index contributed by atoms with van der Waals surface area (Å²) in [6, 6.07) is 9.85. The Hall–Kier alpha value is -1.72. The summed E-state index contributed by atoms with van der Waals surface area (Å²) < 4.78 is 17.0. The van der Waals surface area contributed by atoms with Gasteiger partial charge in [-0.1, -0.05) is 37.3 Å². The SMILES string of the molecule is CCC1=NC2(OC)C(=O)O[C@@]1(C)CC2OCc1ccccc1. The Kier molecular flexibility index (Phi) is 3.78. The largest absolute Gasteiger partial charge is 0.449 e. The molecule has 5 heteroatoms. The molecule has 0 aromatic heterocycles. The zero-order chi connectivity index (χ0) is 15.8. The lowest BCUT2D eigenvalue weighted by molar-refractivity contribution is -0.229. The zero-order valence-corrected chi connectivity index (χ0v) is 13.2. The molecule has 1 fully saturated rings. The molecule has 0 aliphatic carbocycles. The number of fused-ring (bicyclic) bond motifs is 2. The van der Waals surface area contributed by atoms with E-state index in [0.29, 0.717) is 13.0 Å². The first-order valence-corrected chi connectivity index (χ1v) is 7.57. The summed E-state index contributed by atoms with van der Waals surface area (Å²) in [6.07, 6.45) is 0.839. The zero-order valence-electron chi connectivity index (χ0n) is 13.2. The fourth-order valence-electron chi connectivity index (χ4n) is 3.21. The summed E-state index contributed by atoms with van der Waals surface area (Å²) in [5, 5.41) is 0. The van der Waals surface area contributed by atoms with E-state index in [1.807, 2.05) is 44.2 Å². The van der Waals surface area contributed by atoms with Crippen molar-refractivity contribution in [1.82, 2.24) is 0 Å². The van der Waals surface area contributed by atoms with Crippen molar-refractivity contribution in [3.63, 3.8) is 0 Å². The molecule has 3 aliphatic rings. The van der Waals surface area contributed by atoms with Crippen LogP contribution in [0.4, 0.5) is 0 Å². The number of rotatable bonds is 5. The van der Waals surface area contributed by atoms with E-state index in [1.165, 1.54) is 7.11 Å². The van der Waals surface area contributed by atoms with Gasteiger partial charge in [0.2, 0.25) is 0 Å². The van der Waals surface area contributed by atoms with Crippen molar-refractivity contribution < 1.29 is 19.0 Å². The standard InChI is InChI=1S/C17H21NO4/c1-4-13-16(2)10-14(17(18-13,20-3)15(19)22-16)21-11-12-8-6-5-7-9-12/h5-9,14H,4,10-11H2,1-3H3/t14?,16-,17?/m0/s1. The lowest BCUT2D eigenvalue weighted by Crippen LogP contribution is -2.67. The quantitative estimate of drug-likeness (QED) is 0.784. The first-order chi connectivity index (χ1) is 10.5. The minimum Gasteiger partial charge on any atom is -0.449 e. The van der Waals surface area contributed by atoms with E-state index in [4.69, 9.17) is 14.2 Å². The van der Waals surface area contributed by atoms with Gasteiger partial charge in [0, 0.05) is 13.5 Å². The second-order valence-electron chi connectivity index (χ2n) is 5.92. The number of carbonyl (C=O) groups is 1. The van der Waals surface area contributed by atoms with Crippen LogP contribution < -0.4 is 0 Å². The Morgan fingerprint density at radius 3 is 2.73 bits per heavy atom. The molecule has 5 nitrogen and oxygen atoms in total. The highest BCUT2D eigenvalue weighted by atomic mass is 16.6. The molecule has 3 heterocycles. The van der Waals surface area contributed by atoms with Gasteiger partial charge in [0.15, 0.2) is 0 Å². The van der Waals surface area contributed by atoms with Gasteiger partial charge in [-0.05, 0) is 18.9 Å². The minimum atomic E-state index is -1.36. The van der Waals surface area contributed by atoms with Gasteiger partial charge in [-0.15, -0.1) is 0 Å². The molecule has 4 rings (SSSR count). The van der Waals surface area contributed by atoms with E-state index in [2.05, 4.69) is 4.99 Å². The molecule has 0 radical (unpaired) electrons. The molecule has 0 spiro atoms. The third-order valence-corrected chi connectivity index (χ3v) is 4.47. The van der Waals surface area contributed by atoms with E-state index in [0.717, 1.165) is 17.7 Å². The number of hydrogen-bond acceptors (Lipinski definition) is 5. The second kappa shape index (κ2) is 5.48. The first kappa shape index (κ1) is 15.2. The first-order valence-electron chi connectivity index (χ1n) is 7.57. The summed E-state index contributed by atoms with van der Waals surface area (Å²) in [7, 11) is 1.48. The summed E-state index contributed by atoms with van der Waals surface area (Å²) >= 11 is 0. The van der Waals surface area contributed by atoms with Crippen LogP contribution in [-0.2, 0) is 25.6 Å². The van der Waals surface area contributed by atoms with Crippen molar-refractivity contribution in [3.05, 3.63) is 35.9 Å². The third-order valence-electron chi connectivity index (χ3n) is 4.47.